The third-order valence-corrected chi connectivity index (χ3v) is 8.93. The molecule has 10 nitrogen and oxygen atoms in total. The molecule has 7 rings (SSSR count). The molecule has 1 unspecified atom stereocenters. The Kier molecular flexibility index (Phi) is 8.25. The van der Waals surface area contributed by atoms with Crippen molar-refractivity contribution < 1.29 is 19.0 Å². The first-order valence-electron chi connectivity index (χ1n) is 16.2. The molecule has 240 valence electrons. The van der Waals surface area contributed by atoms with Crippen LogP contribution in [0, 0.1) is 0 Å². The van der Waals surface area contributed by atoms with Gasteiger partial charge in [0.1, 0.15) is 18.0 Å². The molecule has 1 atom stereocenters. The maximum absolute atomic E-state index is 12.8. The Hall–Kier alpha value is -4.28. The van der Waals surface area contributed by atoms with Gasteiger partial charge in [0.05, 0.1) is 53.2 Å². The van der Waals surface area contributed by atoms with Gasteiger partial charge in [-0.05, 0) is 95.1 Å². The maximum atomic E-state index is 12.8. The van der Waals surface area contributed by atoms with Crippen LogP contribution in [0.4, 0.5) is 0 Å². The van der Waals surface area contributed by atoms with Gasteiger partial charge in [0.2, 0.25) is 5.88 Å². The van der Waals surface area contributed by atoms with Gasteiger partial charge < -0.3 is 23.3 Å². The van der Waals surface area contributed by atoms with E-state index in [-0.39, 0.29) is 12.1 Å². The summed E-state index contributed by atoms with van der Waals surface area (Å²) in [5.74, 6) is 1.71. The second kappa shape index (κ2) is 12.5. The number of ether oxygens (including phenoxy) is 3. The van der Waals surface area contributed by atoms with E-state index in [0.717, 1.165) is 91.2 Å². The average Bonchev–Trinajstić information content (AvgIpc) is 3.56. The fourth-order valence-electron chi connectivity index (χ4n) is 6.35. The number of hydrogen-bond donors (Lipinski definition) is 0. The number of fused-ring (bicyclic) bond motifs is 2. The number of esters is 1. The molecule has 0 N–H and O–H groups in total. The van der Waals surface area contributed by atoms with E-state index in [1.54, 1.807) is 0 Å². The minimum atomic E-state index is -0.553. The van der Waals surface area contributed by atoms with Crippen LogP contribution >= 0.6 is 0 Å². The molecule has 2 aliphatic rings. The number of carbonyl (C=O) groups is 1. The van der Waals surface area contributed by atoms with E-state index >= 15 is 0 Å². The summed E-state index contributed by atoms with van der Waals surface area (Å²) in [7, 11) is 2.00. The number of carbonyl (C=O) groups excluding carboxylic acids is 1. The standard InChI is InChI=1S/C36H42N6O4/c1-36(2,3)46-35(43)26-9-10-29-32(19-26)42(20-27-14-17-44-27)33(38-29)21-41-15-12-25(13-16-41)28-6-5-7-34(39-28)45-22-24-8-11-31-30(18-24)37-23-40(31)4/h5-11,18-19,23,25,27H,12-17,20-22H2,1-4H3. The molecule has 10 heteroatoms. The molecule has 0 saturated carbocycles. The van der Waals surface area contributed by atoms with Crippen LogP contribution in [0.25, 0.3) is 22.1 Å². The lowest BCUT2D eigenvalue weighted by Gasteiger charge is -2.32. The van der Waals surface area contributed by atoms with Crippen molar-refractivity contribution in [2.45, 2.75) is 77.4 Å². The Bertz CT molecular complexity index is 1860. The molecular formula is C36H42N6O4. The fourth-order valence-corrected chi connectivity index (χ4v) is 6.35. The summed E-state index contributed by atoms with van der Waals surface area (Å²) in [5, 5.41) is 0. The van der Waals surface area contributed by atoms with Crippen LogP contribution in [0.5, 0.6) is 5.88 Å². The van der Waals surface area contributed by atoms with Crippen LogP contribution in [-0.2, 0) is 36.2 Å². The smallest absolute Gasteiger partial charge is 0.338 e. The van der Waals surface area contributed by atoms with Crippen LogP contribution in [0.15, 0.2) is 60.9 Å². The molecule has 0 amide bonds. The summed E-state index contributed by atoms with van der Waals surface area (Å²) in [4.78, 5) is 29.7. The van der Waals surface area contributed by atoms with E-state index in [1.165, 1.54) is 0 Å². The van der Waals surface area contributed by atoms with Crippen molar-refractivity contribution in [3.63, 3.8) is 0 Å². The SMILES string of the molecule is Cn1cnc2cc(COc3cccc(C4CCN(Cc5nc6ccc(C(=O)OC(C)(C)C)cc6n5CC5CCO5)CC4)n3)ccc21. The van der Waals surface area contributed by atoms with E-state index in [2.05, 4.69) is 38.7 Å². The predicted molar refractivity (Wildman–Crippen MR) is 176 cm³/mol. The summed E-state index contributed by atoms with van der Waals surface area (Å²) in [6.45, 7) is 10.3. The van der Waals surface area contributed by atoms with Gasteiger partial charge >= 0.3 is 5.97 Å². The summed E-state index contributed by atoms with van der Waals surface area (Å²) in [5.41, 5.74) is 6.05. The molecular weight excluding hydrogens is 580 g/mol. The van der Waals surface area contributed by atoms with Gasteiger partial charge in [-0.2, -0.15) is 0 Å². The van der Waals surface area contributed by atoms with Crippen LogP contribution in [-0.4, -0.2) is 66.4 Å². The second-order valence-electron chi connectivity index (χ2n) is 13.5. The van der Waals surface area contributed by atoms with Gasteiger partial charge in [0, 0.05) is 31.3 Å². The molecule has 3 aromatic heterocycles. The van der Waals surface area contributed by atoms with Crippen molar-refractivity contribution in [1.29, 1.82) is 0 Å². The van der Waals surface area contributed by atoms with Crippen LogP contribution in [0.2, 0.25) is 0 Å². The zero-order valence-electron chi connectivity index (χ0n) is 27.1. The first-order valence-corrected chi connectivity index (χ1v) is 16.2. The van der Waals surface area contributed by atoms with Crippen LogP contribution in [0.3, 0.4) is 0 Å². The normalized spacial score (nSPS) is 17.8. The number of benzene rings is 2. The molecule has 2 aromatic carbocycles. The lowest BCUT2D eigenvalue weighted by atomic mass is 9.93. The highest BCUT2D eigenvalue weighted by Crippen LogP contribution is 2.30. The van der Waals surface area contributed by atoms with Gasteiger partial charge in [-0.3, -0.25) is 4.90 Å². The molecule has 2 saturated heterocycles. The molecule has 5 heterocycles. The monoisotopic (exact) mass is 622 g/mol. The van der Waals surface area contributed by atoms with Crippen LogP contribution < -0.4 is 4.74 Å². The van der Waals surface area contributed by atoms with E-state index in [1.807, 2.05) is 69.0 Å². The van der Waals surface area contributed by atoms with Crippen molar-refractivity contribution in [2.75, 3.05) is 19.7 Å². The van der Waals surface area contributed by atoms with Gasteiger partial charge in [-0.25, -0.2) is 19.7 Å². The van der Waals surface area contributed by atoms with Crippen molar-refractivity contribution in [3.8, 4) is 5.88 Å². The van der Waals surface area contributed by atoms with Gasteiger partial charge in [-0.1, -0.05) is 12.1 Å². The van der Waals surface area contributed by atoms with E-state index < -0.39 is 5.60 Å². The van der Waals surface area contributed by atoms with Gasteiger partial charge in [0.15, 0.2) is 0 Å². The Balaban J connectivity index is 1.00. The Labute approximate surface area is 269 Å². The minimum absolute atomic E-state index is 0.172. The highest BCUT2D eigenvalue weighted by atomic mass is 16.6. The van der Waals surface area contributed by atoms with Gasteiger partial charge in [-0.15, -0.1) is 0 Å². The second-order valence-corrected chi connectivity index (χ2v) is 13.5. The molecule has 2 fully saturated rings. The molecule has 2 aliphatic heterocycles. The number of aryl methyl sites for hydroxylation is 1. The maximum Gasteiger partial charge on any atom is 0.338 e. The minimum Gasteiger partial charge on any atom is -0.473 e. The number of rotatable bonds is 9. The summed E-state index contributed by atoms with van der Waals surface area (Å²) >= 11 is 0. The molecule has 0 aliphatic carbocycles. The largest absolute Gasteiger partial charge is 0.473 e. The van der Waals surface area contributed by atoms with Crippen molar-refractivity contribution in [2.24, 2.45) is 7.05 Å². The predicted octanol–water partition coefficient (Wildman–Crippen LogP) is 6.02. The number of aromatic nitrogens is 5. The number of imidazole rings is 2. The lowest BCUT2D eigenvalue weighted by molar-refractivity contribution is -0.0592. The summed E-state index contributed by atoms with van der Waals surface area (Å²) < 4.78 is 21.8. The average molecular weight is 623 g/mol. The molecule has 0 spiro atoms. The number of piperidine rings is 1. The molecule has 5 aromatic rings. The zero-order chi connectivity index (χ0) is 31.8. The quantitative estimate of drug-likeness (QED) is 0.184. The Morgan fingerprint density at radius 2 is 1.80 bits per heavy atom. The molecule has 46 heavy (non-hydrogen) atoms. The third-order valence-electron chi connectivity index (χ3n) is 8.93. The third kappa shape index (κ3) is 6.64. The molecule has 0 radical (unpaired) electrons. The van der Waals surface area contributed by atoms with E-state index in [0.29, 0.717) is 24.0 Å². The number of pyridine rings is 1. The Morgan fingerprint density at radius 1 is 0.978 bits per heavy atom. The summed E-state index contributed by atoms with van der Waals surface area (Å²) in [6, 6.07) is 18.0. The molecule has 0 bridgehead atoms. The highest BCUT2D eigenvalue weighted by Gasteiger charge is 2.27. The van der Waals surface area contributed by atoms with Gasteiger partial charge in [0.25, 0.3) is 0 Å². The number of likely N-dealkylation sites (tertiary alicyclic amines) is 1. The zero-order valence-corrected chi connectivity index (χ0v) is 27.1. The summed E-state index contributed by atoms with van der Waals surface area (Å²) in [6.07, 6.45) is 5.06. The lowest BCUT2D eigenvalue weighted by Crippen LogP contribution is -2.35. The number of hydrogen-bond acceptors (Lipinski definition) is 8. The van der Waals surface area contributed by atoms with E-state index in [4.69, 9.17) is 24.2 Å². The van der Waals surface area contributed by atoms with Crippen molar-refractivity contribution >= 4 is 28.0 Å². The van der Waals surface area contributed by atoms with E-state index in [9.17, 15) is 4.79 Å². The topological polar surface area (TPSA) is 96.5 Å². The fraction of sp³-hybridized carbons (Fsp3) is 0.444. The van der Waals surface area contributed by atoms with Crippen LogP contribution in [0.1, 0.15) is 73.4 Å². The highest BCUT2D eigenvalue weighted by molar-refractivity contribution is 5.94. The first kappa shape index (κ1) is 30.4. The Morgan fingerprint density at radius 3 is 2.57 bits per heavy atom. The van der Waals surface area contributed by atoms with Crippen molar-refractivity contribution in [1.82, 2.24) is 29.0 Å². The number of nitrogens with zero attached hydrogens (tertiary/aromatic N) is 6. The first-order chi connectivity index (χ1) is 22.2. The van der Waals surface area contributed by atoms with Crippen molar-refractivity contribution in [3.05, 3.63) is 83.6 Å².